The summed E-state index contributed by atoms with van der Waals surface area (Å²) in [6, 6.07) is 0. The second-order valence-corrected chi connectivity index (χ2v) is 2.22. The summed E-state index contributed by atoms with van der Waals surface area (Å²) in [5.74, 6) is 5.80. The Morgan fingerprint density at radius 3 is 3.00 bits per heavy atom. The van der Waals surface area contributed by atoms with Crippen molar-refractivity contribution in [3.05, 3.63) is 11.8 Å². The van der Waals surface area contributed by atoms with Crippen molar-refractivity contribution in [3.8, 4) is 11.8 Å². The van der Waals surface area contributed by atoms with Gasteiger partial charge in [-0.25, -0.2) is 0 Å². The maximum Gasteiger partial charge on any atom is 0.177 e. The standard InChI is InChI=1S/C9H9NO/c1-8(11)9-6-4-2-3-5-7-10-9/h6-7H,4-5H2,1H3. The molecular formula is C9H9NO. The smallest absolute Gasteiger partial charge is 0.177 e. The highest BCUT2D eigenvalue weighted by Crippen LogP contribution is 2.01. The van der Waals surface area contributed by atoms with Crippen molar-refractivity contribution < 1.29 is 4.79 Å². The fourth-order valence-electron chi connectivity index (χ4n) is 0.769. The fourth-order valence-corrected chi connectivity index (χ4v) is 0.769. The van der Waals surface area contributed by atoms with Crippen LogP contribution in [0.25, 0.3) is 0 Å². The first-order valence-electron chi connectivity index (χ1n) is 3.50. The first kappa shape index (κ1) is 7.74. The lowest BCUT2D eigenvalue weighted by molar-refractivity contribution is -0.113. The van der Waals surface area contributed by atoms with E-state index in [1.54, 1.807) is 12.3 Å². The van der Waals surface area contributed by atoms with E-state index in [-0.39, 0.29) is 5.78 Å². The number of hydrogen-bond acceptors (Lipinski definition) is 2. The number of Topliss-reactive ketones (excluding diaryl/α,β-unsaturated/α-hetero) is 1. The second-order valence-electron chi connectivity index (χ2n) is 2.22. The van der Waals surface area contributed by atoms with Crippen LogP contribution in [0.15, 0.2) is 16.8 Å². The van der Waals surface area contributed by atoms with Crippen molar-refractivity contribution in [1.82, 2.24) is 0 Å². The maximum atomic E-state index is 10.8. The lowest BCUT2D eigenvalue weighted by Crippen LogP contribution is -1.94. The van der Waals surface area contributed by atoms with E-state index >= 15 is 0 Å². The number of rotatable bonds is 1. The SMILES string of the molecule is CC(=O)C1=CCC#CCC=N1. The molecule has 0 amide bonds. The van der Waals surface area contributed by atoms with Crippen LogP contribution in [-0.4, -0.2) is 12.0 Å². The third-order valence-electron chi connectivity index (χ3n) is 1.31. The fraction of sp³-hybridized carbons (Fsp3) is 0.333. The Kier molecular flexibility index (Phi) is 2.62. The molecule has 2 nitrogen and oxygen atoms in total. The van der Waals surface area contributed by atoms with Crippen molar-refractivity contribution in [1.29, 1.82) is 0 Å². The van der Waals surface area contributed by atoms with Gasteiger partial charge in [0.15, 0.2) is 5.78 Å². The summed E-state index contributed by atoms with van der Waals surface area (Å²) in [5, 5.41) is 0. The van der Waals surface area contributed by atoms with E-state index in [0.29, 0.717) is 18.5 Å². The molecule has 0 atom stereocenters. The number of allylic oxidation sites excluding steroid dienone is 2. The Morgan fingerprint density at radius 2 is 2.27 bits per heavy atom. The summed E-state index contributed by atoms with van der Waals surface area (Å²) in [4.78, 5) is 14.8. The molecule has 0 N–H and O–H groups in total. The molecule has 1 rings (SSSR count). The molecule has 0 saturated carbocycles. The molecule has 1 aliphatic rings. The third-order valence-corrected chi connectivity index (χ3v) is 1.31. The monoisotopic (exact) mass is 147 g/mol. The van der Waals surface area contributed by atoms with Gasteiger partial charge in [0.2, 0.25) is 0 Å². The van der Waals surface area contributed by atoms with Crippen LogP contribution in [0.3, 0.4) is 0 Å². The van der Waals surface area contributed by atoms with Crippen LogP contribution in [0.1, 0.15) is 19.8 Å². The molecule has 11 heavy (non-hydrogen) atoms. The average Bonchev–Trinajstić information content (AvgIpc) is 1.84. The van der Waals surface area contributed by atoms with Gasteiger partial charge in [0, 0.05) is 26.0 Å². The first-order valence-corrected chi connectivity index (χ1v) is 3.50. The number of nitrogens with zero attached hydrogens (tertiary/aromatic N) is 1. The van der Waals surface area contributed by atoms with E-state index < -0.39 is 0 Å². The largest absolute Gasteiger partial charge is 0.293 e. The molecule has 0 radical (unpaired) electrons. The van der Waals surface area contributed by atoms with Crippen LogP contribution in [-0.2, 0) is 4.79 Å². The van der Waals surface area contributed by atoms with E-state index in [9.17, 15) is 4.79 Å². The van der Waals surface area contributed by atoms with Crippen molar-refractivity contribution >= 4 is 12.0 Å². The van der Waals surface area contributed by atoms with Crippen molar-refractivity contribution in [2.75, 3.05) is 0 Å². The lowest BCUT2D eigenvalue weighted by atomic mass is 10.2. The number of ketones is 1. The zero-order valence-electron chi connectivity index (χ0n) is 6.42. The number of aliphatic imine (C=N–C) groups is 1. The number of hydrogen-bond donors (Lipinski definition) is 0. The molecule has 0 unspecified atom stereocenters. The van der Waals surface area contributed by atoms with Crippen LogP contribution in [0.5, 0.6) is 0 Å². The molecule has 1 aliphatic heterocycles. The lowest BCUT2D eigenvalue weighted by Gasteiger charge is -1.94. The van der Waals surface area contributed by atoms with E-state index in [2.05, 4.69) is 16.8 Å². The van der Waals surface area contributed by atoms with E-state index in [1.165, 1.54) is 6.92 Å². The van der Waals surface area contributed by atoms with Crippen LogP contribution in [0, 0.1) is 11.8 Å². The topological polar surface area (TPSA) is 29.4 Å². The van der Waals surface area contributed by atoms with Gasteiger partial charge in [-0.15, -0.1) is 0 Å². The zero-order valence-corrected chi connectivity index (χ0v) is 6.42. The molecule has 0 aromatic rings. The Bertz CT molecular complexity index is 276. The Morgan fingerprint density at radius 1 is 1.55 bits per heavy atom. The molecular weight excluding hydrogens is 138 g/mol. The molecule has 0 bridgehead atoms. The van der Waals surface area contributed by atoms with E-state index in [1.807, 2.05) is 0 Å². The first-order chi connectivity index (χ1) is 5.30. The van der Waals surface area contributed by atoms with Crippen molar-refractivity contribution in [3.63, 3.8) is 0 Å². The predicted molar refractivity (Wildman–Crippen MR) is 44.3 cm³/mol. The van der Waals surface area contributed by atoms with Crippen LogP contribution in [0.4, 0.5) is 0 Å². The van der Waals surface area contributed by atoms with Gasteiger partial charge in [-0.2, -0.15) is 0 Å². The molecule has 0 fully saturated rings. The molecule has 56 valence electrons. The summed E-state index contributed by atoms with van der Waals surface area (Å²) in [6.07, 6.45) is 4.70. The Hall–Kier alpha value is -1.36. The maximum absolute atomic E-state index is 10.8. The van der Waals surface area contributed by atoms with Gasteiger partial charge in [0.1, 0.15) is 5.70 Å². The Labute approximate surface area is 66.0 Å². The highest BCUT2D eigenvalue weighted by Gasteiger charge is 1.99. The molecule has 1 heterocycles. The van der Waals surface area contributed by atoms with Crippen molar-refractivity contribution in [2.24, 2.45) is 4.99 Å². The van der Waals surface area contributed by atoms with Crippen LogP contribution < -0.4 is 0 Å². The summed E-state index contributed by atoms with van der Waals surface area (Å²) >= 11 is 0. The minimum absolute atomic E-state index is 0.00458. The molecule has 0 aliphatic carbocycles. The molecule has 0 aromatic carbocycles. The highest BCUT2D eigenvalue weighted by molar-refractivity contribution is 5.94. The van der Waals surface area contributed by atoms with Gasteiger partial charge in [0.05, 0.1) is 0 Å². The highest BCUT2D eigenvalue weighted by atomic mass is 16.1. The van der Waals surface area contributed by atoms with Crippen LogP contribution >= 0.6 is 0 Å². The Balaban J connectivity index is 2.81. The summed E-state index contributed by atoms with van der Waals surface area (Å²) < 4.78 is 0. The van der Waals surface area contributed by atoms with Crippen LogP contribution in [0.2, 0.25) is 0 Å². The zero-order chi connectivity index (χ0) is 8.10. The summed E-state index contributed by atoms with van der Waals surface area (Å²) in [7, 11) is 0. The predicted octanol–water partition coefficient (Wildman–Crippen LogP) is 1.33. The van der Waals surface area contributed by atoms with E-state index in [0.717, 1.165) is 0 Å². The minimum Gasteiger partial charge on any atom is -0.293 e. The van der Waals surface area contributed by atoms with Crippen molar-refractivity contribution in [2.45, 2.75) is 19.8 Å². The van der Waals surface area contributed by atoms with Gasteiger partial charge in [-0.3, -0.25) is 9.79 Å². The molecule has 0 saturated heterocycles. The third kappa shape index (κ3) is 2.38. The van der Waals surface area contributed by atoms with Gasteiger partial charge >= 0.3 is 0 Å². The normalized spacial score (nSPS) is 15.5. The average molecular weight is 147 g/mol. The summed E-state index contributed by atoms with van der Waals surface area (Å²) in [5.41, 5.74) is 0.527. The number of carbonyl (C=O) groups is 1. The minimum atomic E-state index is 0.00458. The summed E-state index contributed by atoms with van der Waals surface area (Å²) in [6.45, 7) is 1.51. The van der Waals surface area contributed by atoms with E-state index in [4.69, 9.17) is 0 Å². The van der Waals surface area contributed by atoms with Gasteiger partial charge in [-0.05, 0) is 6.08 Å². The van der Waals surface area contributed by atoms with Gasteiger partial charge in [-0.1, -0.05) is 11.8 Å². The quantitative estimate of drug-likeness (QED) is 0.514. The molecule has 0 spiro atoms. The number of carbonyl (C=O) groups excluding carboxylic acids is 1. The van der Waals surface area contributed by atoms with Gasteiger partial charge < -0.3 is 0 Å². The molecule has 2 heteroatoms. The molecule has 0 aromatic heterocycles. The second kappa shape index (κ2) is 3.72. The van der Waals surface area contributed by atoms with Gasteiger partial charge in [0.25, 0.3) is 0 Å².